The van der Waals surface area contributed by atoms with Crippen molar-refractivity contribution >= 4 is 5.97 Å². The Hall–Kier alpha value is -0.610. The van der Waals surface area contributed by atoms with Gasteiger partial charge in [0.15, 0.2) is 0 Å². The molecule has 0 radical (unpaired) electrons. The normalized spacial score (nSPS) is 37.9. The van der Waals surface area contributed by atoms with Gasteiger partial charge >= 0.3 is 5.97 Å². The van der Waals surface area contributed by atoms with Gasteiger partial charge in [-0.3, -0.25) is 9.69 Å². The summed E-state index contributed by atoms with van der Waals surface area (Å²) >= 11 is 0. The van der Waals surface area contributed by atoms with Gasteiger partial charge in [0.25, 0.3) is 0 Å². The molecule has 0 aromatic carbocycles. The van der Waals surface area contributed by atoms with Crippen LogP contribution in [0, 0.1) is 5.92 Å². The monoisotopic (exact) mass is 226 g/mol. The fraction of sp³-hybridized carbons (Fsp3) is 0.917. The third kappa shape index (κ3) is 1.55. The Bertz CT molecular complexity index is 266. The van der Waals surface area contributed by atoms with Crippen LogP contribution in [0.15, 0.2) is 0 Å². The number of fused-ring (bicyclic) bond motifs is 3. The molecule has 4 heteroatoms. The number of carboxylic acids is 1. The second-order valence-electron chi connectivity index (χ2n) is 4.95. The minimum atomic E-state index is -0.620. The first kappa shape index (κ1) is 11.9. The Kier molecular flexibility index (Phi) is 3.22. The summed E-state index contributed by atoms with van der Waals surface area (Å²) in [6.07, 6.45) is 2.09. The van der Waals surface area contributed by atoms with Crippen LogP contribution in [-0.2, 0) is 4.79 Å². The molecule has 0 spiro atoms. The third-order valence-electron chi connectivity index (χ3n) is 4.43. The predicted molar refractivity (Wildman–Crippen MR) is 62.5 cm³/mol. The number of likely N-dealkylation sites (N-methyl/N-ethyl adjacent to an activating group) is 1. The molecule has 0 aromatic heterocycles. The molecule has 2 bridgehead atoms. The Morgan fingerprint density at radius 2 is 1.94 bits per heavy atom. The van der Waals surface area contributed by atoms with E-state index >= 15 is 0 Å². The zero-order valence-electron chi connectivity index (χ0n) is 10.3. The van der Waals surface area contributed by atoms with E-state index in [2.05, 4.69) is 23.6 Å². The summed E-state index contributed by atoms with van der Waals surface area (Å²) in [5, 5.41) is 9.68. The fourth-order valence-corrected chi connectivity index (χ4v) is 3.56. The molecule has 1 atom stereocenters. The Morgan fingerprint density at radius 3 is 2.25 bits per heavy atom. The minimum Gasteiger partial charge on any atom is -0.480 e. The van der Waals surface area contributed by atoms with Crippen molar-refractivity contribution in [3.8, 4) is 0 Å². The van der Waals surface area contributed by atoms with Crippen molar-refractivity contribution < 1.29 is 9.90 Å². The molecule has 0 aliphatic carbocycles. The molecule has 3 fully saturated rings. The SMILES string of the molecule is CCN(CC)C1(C(=O)O)CN2CCC1CC2. The van der Waals surface area contributed by atoms with E-state index < -0.39 is 11.5 Å². The summed E-state index contributed by atoms with van der Waals surface area (Å²) in [6, 6.07) is 0. The second kappa shape index (κ2) is 4.34. The highest BCUT2D eigenvalue weighted by Gasteiger charge is 2.54. The van der Waals surface area contributed by atoms with Crippen LogP contribution in [0.2, 0.25) is 0 Å². The van der Waals surface area contributed by atoms with Gasteiger partial charge in [0.1, 0.15) is 5.54 Å². The van der Waals surface area contributed by atoms with Crippen LogP contribution in [0.25, 0.3) is 0 Å². The van der Waals surface area contributed by atoms with Gasteiger partial charge in [-0.25, -0.2) is 0 Å². The van der Waals surface area contributed by atoms with Crippen molar-refractivity contribution in [2.24, 2.45) is 5.92 Å². The second-order valence-corrected chi connectivity index (χ2v) is 4.95. The van der Waals surface area contributed by atoms with Gasteiger partial charge < -0.3 is 10.0 Å². The Morgan fingerprint density at radius 1 is 1.38 bits per heavy atom. The van der Waals surface area contributed by atoms with Gasteiger partial charge in [0.2, 0.25) is 0 Å². The first-order valence-corrected chi connectivity index (χ1v) is 6.36. The molecule has 0 amide bonds. The highest BCUT2D eigenvalue weighted by atomic mass is 16.4. The van der Waals surface area contributed by atoms with Crippen LogP contribution in [0.4, 0.5) is 0 Å². The zero-order chi connectivity index (χ0) is 11.8. The van der Waals surface area contributed by atoms with E-state index in [0.717, 1.165) is 39.0 Å². The maximum absolute atomic E-state index is 11.8. The minimum absolute atomic E-state index is 0.342. The molecule has 1 N–H and O–H groups in total. The third-order valence-corrected chi connectivity index (χ3v) is 4.43. The lowest BCUT2D eigenvalue weighted by molar-refractivity contribution is -0.167. The number of rotatable bonds is 4. The maximum Gasteiger partial charge on any atom is 0.325 e. The number of hydrogen-bond acceptors (Lipinski definition) is 3. The lowest BCUT2D eigenvalue weighted by Gasteiger charge is -2.55. The Balaban J connectivity index is 2.31. The van der Waals surface area contributed by atoms with Crippen LogP contribution in [0.5, 0.6) is 0 Å². The van der Waals surface area contributed by atoms with Crippen molar-refractivity contribution in [1.82, 2.24) is 9.80 Å². The summed E-state index contributed by atoms with van der Waals surface area (Å²) in [5.74, 6) is -0.277. The van der Waals surface area contributed by atoms with Gasteiger partial charge in [-0.2, -0.15) is 0 Å². The number of piperidine rings is 3. The standard InChI is InChI=1S/C12H22N2O2/c1-3-14(4-2)12(11(15)16)9-13-7-5-10(12)6-8-13/h10H,3-9H2,1-2H3,(H,15,16). The number of nitrogens with zero attached hydrogens (tertiary/aromatic N) is 2. The molecule has 92 valence electrons. The first-order chi connectivity index (χ1) is 7.65. The number of aliphatic carboxylic acids is 1. The number of hydrogen-bond donors (Lipinski definition) is 1. The summed E-state index contributed by atoms with van der Waals surface area (Å²) in [5.41, 5.74) is -0.611. The lowest BCUT2D eigenvalue weighted by atomic mass is 9.71. The molecule has 3 saturated heterocycles. The molecule has 3 rings (SSSR count). The number of carboxylic acid groups (broad SMARTS) is 1. The Labute approximate surface area is 97.2 Å². The summed E-state index contributed by atoms with van der Waals surface area (Å²) in [7, 11) is 0. The summed E-state index contributed by atoms with van der Waals surface area (Å²) < 4.78 is 0. The maximum atomic E-state index is 11.8. The van der Waals surface area contributed by atoms with Crippen LogP contribution >= 0.6 is 0 Å². The first-order valence-electron chi connectivity index (χ1n) is 6.36. The van der Waals surface area contributed by atoms with E-state index in [1.807, 2.05) is 0 Å². The van der Waals surface area contributed by atoms with Gasteiger partial charge in [-0.05, 0) is 44.9 Å². The average molecular weight is 226 g/mol. The molecule has 0 aromatic rings. The van der Waals surface area contributed by atoms with Crippen molar-refractivity contribution in [3.05, 3.63) is 0 Å². The van der Waals surface area contributed by atoms with Crippen LogP contribution in [0.1, 0.15) is 26.7 Å². The van der Waals surface area contributed by atoms with E-state index in [4.69, 9.17) is 0 Å². The van der Waals surface area contributed by atoms with Crippen LogP contribution in [0.3, 0.4) is 0 Å². The topological polar surface area (TPSA) is 43.8 Å². The smallest absolute Gasteiger partial charge is 0.325 e. The molecule has 3 aliphatic heterocycles. The zero-order valence-corrected chi connectivity index (χ0v) is 10.3. The van der Waals surface area contributed by atoms with E-state index in [1.165, 1.54) is 0 Å². The highest BCUT2D eigenvalue weighted by Crippen LogP contribution is 2.39. The van der Waals surface area contributed by atoms with E-state index in [1.54, 1.807) is 0 Å². The largest absolute Gasteiger partial charge is 0.480 e. The molecular formula is C12H22N2O2. The predicted octanol–water partition coefficient (Wildman–Crippen LogP) is 0.877. The van der Waals surface area contributed by atoms with Crippen molar-refractivity contribution in [2.75, 3.05) is 32.7 Å². The van der Waals surface area contributed by atoms with Crippen molar-refractivity contribution in [2.45, 2.75) is 32.2 Å². The molecule has 16 heavy (non-hydrogen) atoms. The number of carbonyl (C=O) groups is 1. The van der Waals surface area contributed by atoms with Gasteiger partial charge in [0, 0.05) is 6.54 Å². The molecular weight excluding hydrogens is 204 g/mol. The summed E-state index contributed by atoms with van der Waals surface area (Å²) in [4.78, 5) is 16.2. The van der Waals surface area contributed by atoms with Gasteiger partial charge in [-0.1, -0.05) is 13.8 Å². The van der Waals surface area contributed by atoms with E-state index in [-0.39, 0.29) is 0 Å². The molecule has 3 heterocycles. The quantitative estimate of drug-likeness (QED) is 0.773. The van der Waals surface area contributed by atoms with Gasteiger partial charge in [-0.15, -0.1) is 0 Å². The average Bonchev–Trinajstić information content (AvgIpc) is 2.31. The van der Waals surface area contributed by atoms with Crippen molar-refractivity contribution in [1.29, 1.82) is 0 Å². The molecule has 1 unspecified atom stereocenters. The van der Waals surface area contributed by atoms with Gasteiger partial charge in [0.05, 0.1) is 0 Å². The van der Waals surface area contributed by atoms with E-state index in [9.17, 15) is 9.90 Å². The van der Waals surface area contributed by atoms with Crippen LogP contribution in [-0.4, -0.2) is 59.1 Å². The molecule has 3 aliphatic rings. The van der Waals surface area contributed by atoms with Crippen LogP contribution < -0.4 is 0 Å². The highest BCUT2D eigenvalue weighted by molar-refractivity contribution is 5.80. The summed E-state index contributed by atoms with van der Waals surface area (Å²) in [6.45, 7) is 8.66. The van der Waals surface area contributed by atoms with E-state index in [0.29, 0.717) is 12.5 Å². The van der Waals surface area contributed by atoms with Crippen molar-refractivity contribution in [3.63, 3.8) is 0 Å². The molecule has 4 nitrogen and oxygen atoms in total. The molecule has 0 saturated carbocycles. The lowest BCUT2D eigenvalue weighted by Crippen LogP contribution is -2.70. The fourth-order valence-electron chi connectivity index (χ4n) is 3.56.